The van der Waals surface area contributed by atoms with E-state index < -0.39 is 6.04 Å². The fraction of sp³-hybridized carbons (Fsp3) is 0.222. The first-order valence-corrected chi connectivity index (χ1v) is 8.89. The van der Waals surface area contributed by atoms with Crippen molar-refractivity contribution in [2.24, 2.45) is 0 Å². The van der Waals surface area contributed by atoms with Gasteiger partial charge in [-0.25, -0.2) is 0 Å². The Kier molecular flexibility index (Phi) is 5.70. The first kappa shape index (κ1) is 18.8. The number of halogens is 1. The Morgan fingerprint density at radius 1 is 1.11 bits per heavy atom. The van der Waals surface area contributed by atoms with Gasteiger partial charge in [-0.05, 0) is 53.7 Å². The Morgan fingerprint density at radius 2 is 1.74 bits per heavy atom. The van der Waals surface area contributed by atoms with Crippen LogP contribution in [0, 0.1) is 0 Å². The average molecular weight is 432 g/mol. The minimum absolute atomic E-state index is 0.287. The molecule has 0 bridgehead atoms. The highest BCUT2D eigenvalue weighted by Crippen LogP contribution is 2.23. The summed E-state index contributed by atoms with van der Waals surface area (Å²) < 4.78 is 13.0. The Morgan fingerprint density at radius 3 is 2.33 bits per heavy atom. The van der Waals surface area contributed by atoms with Gasteiger partial charge in [-0.2, -0.15) is 4.68 Å². The van der Waals surface area contributed by atoms with Crippen molar-refractivity contribution in [3.63, 3.8) is 0 Å². The number of aromatic nitrogens is 4. The molecule has 27 heavy (non-hydrogen) atoms. The third-order valence-electron chi connectivity index (χ3n) is 3.91. The summed E-state index contributed by atoms with van der Waals surface area (Å²) in [5.41, 5.74) is 1.21. The van der Waals surface area contributed by atoms with Crippen LogP contribution in [0.1, 0.15) is 29.1 Å². The second-order valence-corrected chi connectivity index (χ2v) is 6.64. The Hall–Kier alpha value is -2.94. The molecule has 1 N–H and O–H groups in total. The molecule has 9 heteroatoms. The summed E-state index contributed by atoms with van der Waals surface area (Å²) in [6.45, 7) is 1.82. The van der Waals surface area contributed by atoms with Gasteiger partial charge in [-0.3, -0.25) is 4.79 Å². The molecule has 1 heterocycles. The van der Waals surface area contributed by atoms with Gasteiger partial charge in [-0.1, -0.05) is 15.9 Å². The minimum Gasteiger partial charge on any atom is -0.497 e. The summed E-state index contributed by atoms with van der Waals surface area (Å²) >= 11 is 3.40. The summed E-state index contributed by atoms with van der Waals surface area (Å²) in [6, 6.07) is 12.1. The fourth-order valence-electron chi connectivity index (χ4n) is 2.51. The molecule has 2 aromatic carbocycles. The second-order valence-electron chi connectivity index (χ2n) is 5.72. The summed E-state index contributed by atoms with van der Waals surface area (Å²) in [5, 5.41) is 14.7. The Balaban J connectivity index is 1.82. The number of ether oxygens (including phenoxy) is 2. The molecule has 0 aliphatic rings. The summed E-state index contributed by atoms with van der Waals surface area (Å²) in [4.78, 5) is 12.7. The van der Waals surface area contributed by atoms with E-state index in [4.69, 9.17) is 9.47 Å². The molecule has 1 atom stereocenters. The summed E-state index contributed by atoms with van der Waals surface area (Å²) in [6.07, 6.45) is 0. The monoisotopic (exact) mass is 431 g/mol. The summed E-state index contributed by atoms with van der Waals surface area (Å²) in [5.74, 6) is 1.30. The minimum atomic E-state index is -0.423. The number of nitrogens with one attached hydrogen (secondary N) is 1. The van der Waals surface area contributed by atoms with Gasteiger partial charge >= 0.3 is 0 Å². The standard InChI is InChI=1S/C18H18BrN5O3/c1-11(17-21-22-23-24(17)14-6-4-13(19)5-7-14)20-18(25)12-8-15(26-2)10-16(9-12)27-3/h4-11H,1-3H3,(H,20,25). The molecule has 0 radical (unpaired) electrons. The van der Waals surface area contributed by atoms with Crippen LogP contribution in [0.4, 0.5) is 0 Å². The number of carbonyl (C=O) groups is 1. The molecule has 0 aliphatic carbocycles. The van der Waals surface area contributed by atoms with Crippen LogP contribution in [-0.4, -0.2) is 40.3 Å². The number of hydrogen-bond acceptors (Lipinski definition) is 6. The van der Waals surface area contributed by atoms with E-state index in [1.54, 1.807) is 22.9 Å². The number of amides is 1. The van der Waals surface area contributed by atoms with Crippen molar-refractivity contribution in [2.75, 3.05) is 14.2 Å². The molecule has 8 nitrogen and oxygen atoms in total. The highest BCUT2D eigenvalue weighted by molar-refractivity contribution is 9.10. The van der Waals surface area contributed by atoms with Crippen molar-refractivity contribution < 1.29 is 14.3 Å². The van der Waals surface area contributed by atoms with E-state index in [0.29, 0.717) is 22.9 Å². The zero-order valence-electron chi connectivity index (χ0n) is 15.0. The van der Waals surface area contributed by atoms with E-state index in [0.717, 1.165) is 10.2 Å². The van der Waals surface area contributed by atoms with Crippen LogP contribution >= 0.6 is 15.9 Å². The van der Waals surface area contributed by atoms with Gasteiger partial charge in [0, 0.05) is 16.1 Å². The first-order valence-electron chi connectivity index (χ1n) is 8.10. The molecule has 1 aromatic heterocycles. The van der Waals surface area contributed by atoms with Crippen molar-refractivity contribution in [2.45, 2.75) is 13.0 Å². The topological polar surface area (TPSA) is 91.2 Å². The molecule has 1 amide bonds. The molecule has 1 unspecified atom stereocenters. The van der Waals surface area contributed by atoms with E-state index in [1.165, 1.54) is 14.2 Å². The van der Waals surface area contributed by atoms with Gasteiger partial charge < -0.3 is 14.8 Å². The smallest absolute Gasteiger partial charge is 0.252 e. The molecule has 0 saturated carbocycles. The van der Waals surface area contributed by atoms with Crippen molar-refractivity contribution in [3.8, 4) is 17.2 Å². The van der Waals surface area contributed by atoms with Gasteiger partial charge in [0.2, 0.25) is 0 Å². The lowest BCUT2D eigenvalue weighted by Crippen LogP contribution is -2.28. The number of methoxy groups -OCH3 is 2. The van der Waals surface area contributed by atoms with E-state index in [9.17, 15) is 4.79 Å². The molecule has 140 valence electrons. The van der Waals surface area contributed by atoms with Gasteiger partial charge in [0.25, 0.3) is 5.91 Å². The van der Waals surface area contributed by atoms with E-state index in [1.807, 2.05) is 31.2 Å². The van der Waals surface area contributed by atoms with Gasteiger partial charge in [0.1, 0.15) is 11.5 Å². The van der Waals surface area contributed by atoms with E-state index in [2.05, 4.69) is 36.8 Å². The third-order valence-corrected chi connectivity index (χ3v) is 4.44. The molecular formula is C18H18BrN5O3. The van der Waals surface area contributed by atoms with Crippen LogP contribution in [0.25, 0.3) is 5.69 Å². The number of benzene rings is 2. The van der Waals surface area contributed by atoms with Crippen LogP contribution in [0.5, 0.6) is 11.5 Å². The number of carbonyl (C=O) groups excluding carboxylic acids is 1. The Bertz CT molecular complexity index is 920. The third kappa shape index (κ3) is 4.25. The van der Waals surface area contributed by atoms with Gasteiger partial charge in [0.05, 0.1) is 25.9 Å². The van der Waals surface area contributed by atoms with Gasteiger partial charge in [0.15, 0.2) is 5.82 Å². The molecular weight excluding hydrogens is 414 g/mol. The summed E-state index contributed by atoms with van der Waals surface area (Å²) in [7, 11) is 3.07. The quantitative estimate of drug-likeness (QED) is 0.644. The maximum absolute atomic E-state index is 12.7. The van der Waals surface area contributed by atoms with Crippen LogP contribution < -0.4 is 14.8 Å². The number of tetrazole rings is 1. The molecule has 0 saturated heterocycles. The normalized spacial score (nSPS) is 11.7. The van der Waals surface area contributed by atoms with Crippen molar-refractivity contribution >= 4 is 21.8 Å². The molecule has 0 fully saturated rings. The van der Waals surface area contributed by atoms with Gasteiger partial charge in [-0.15, -0.1) is 5.10 Å². The zero-order valence-corrected chi connectivity index (χ0v) is 16.6. The predicted molar refractivity (Wildman–Crippen MR) is 102 cm³/mol. The largest absolute Gasteiger partial charge is 0.497 e. The second kappa shape index (κ2) is 8.17. The van der Waals surface area contributed by atoms with Crippen LogP contribution in [0.2, 0.25) is 0 Å². The average Bonchev–Trinajstić information content (AvgIpc) is 3.18. The maximum atomic E-state index is 12.7. The fourth-order valence-corrected chi connectivity index (χ4v) is 2.78. The zero-order chi connectivity index (χ0) is 19.4. The highest BCUT2D eigenvalue weighted by atomic mass is 79.9. The molecule has 0 spiro atoms. The van der Waals surface area contributed by atoms with Crippen molar-refractivity contribution in [1.82, 2.24) is 25.5 Å². The van der Waals surface area contributed by atoms with Crippen molar-refractivity contribution in [1.29, 1.82) is 0 Å². The van der Waals surface area contributed by atoms with Crippen LogP contribution in [0.15, 0.2) is 46.9 Å². The maximum Gasteiger partial charge on any atom is 0.252 e. The highest BCUT2D eigenvalue weighted by Gasteiger charge is 2.19. The van der Waals surface area contributed by atoms with Crippen molar-refractivity contribution in [3.05, 3.63) is 58.3 Å². The van der Waals surface area contributed by atoms with E-state index >= 15 is 0 Å². The number of hydrogen-bond donors (Lipinski definition) is 1. The molecule has 3 rings (SSSR count). The number of rotatable bonds is 6. The van der Waals surface area contributed by atoms with Crippen LogP contribution in [-0.2, 0) is 0 Å². The lowest BCUT2D eigenvalue weighted by molar-refractivity contribution is 0.0937. The number of nitrogens with zero attached hydrogens (tertiary/aromatic N) is 4. The van der Waals surface area contributed by atoms with Crippen LogP contribution in [0.3, 0.4) is 0 Å². The SMILES string of the molecule is COc1cc(OC)cc(C(=O)NC(C)c2nnnn2-c2ccc(Br)cc2)c1. The molecule has 0 aliphatic heterocycles. The predicted octanol–water partition coefficient (Wildman–Crippen LogP) is 2.93. The Labute approximate surface area is 164 Å². The molecule has 3 aromatic rings. The van der Waals surface area contributed by atoms with E-state index in [-0.39, 0.29) is 5.91 Å². The lowest BCUT2D eigenvalue weighted by Gasteiger charge is -2.15. The first-order chi connectivity index (χ1) is 13.0. The lowest BCUT2D eigenvalue weighted by atomic mass is 10.1.